The highest BCUT2D eigenvalue weighted by Gasteiger charge is 2.24. The Kier molecular flexibility index (Phi) is 7.74. The van der Waals surface area contributed by atoms with Crippen LogP contribution in [0, 0.1) is 11.8 Å². The zero-order valence-corrected chi connectivity index (χ0v) is 11.3. The van der Waals surface area contributed by atoms with Crippen molar-refractivity contribution in [3.05, 3.63) is 0 Å². The Morgan fingerprint density at radius 3 is 2.00 bits per heavy atom. The third-order valence-corrected chi connectivity index (χ3v) is 2.66. The van der Waals surface area contributed by atoms with Crippen molar-refractivity contribution in [2.45, 2.75) is 39.8 Å². The number of carbonyl (C=O) groups is 3. The summed E-state index contributed by atoms with van der Waals surface area (Å²) in [5, 5.41) is 5.01. The Bertz CT molecular complexity index is 279. The van der Waals surface area contributed by atoms with Gasteiger partial charge >= 0.3 is 5.97 Å². The van der Waals surface area contributed by atoms with Gasteiger partial charge in [0, 0.05) is 0 Å². The SMILES string of the molecule is CC(C)[C@H](NC=O)C(=O)OC[C@@H](NC=O)C(C)C. The molecule has 0 aliphatic carbocycles. The lowest BCUT2D eigenvalue weighted by molar-refractivity contribution is -0.149. The molecule has 104 valence electrons. The first-order valence-corrected chi connectivity index (χ1v) is 6.00. The summed E-state index contributed by atoms with van der Waals surface area (Å²) in [7, 11) is 0. The van der Waals surface area contributed by atoms with E-state index in [0.29, 0.717) is 12.8 Å². The number of esters is 1. The molecule has 0 aromatic rings. The molecule has 0 aliphatic heterocycles. The van der Waals surface area contributed by atoms with Crippen molar-refractivity contribution >= 4 is 18.8 Å². The molecule has 0 saturated carbocycles. The highest BCUT2D eigenvalue weighted by Crippen LogP contribution is 2.06. The van der Waals surface area contributed by atoms with E-state index in [-0.39, 0.29) is 24.5 Å². The lowest BCUT2D eigenvalue weighted by Gasteiger charge is -2.23. The Balaban J connectivity index is 4.35. The van der Waals surface area contributed by atoms with E-state index in [4.69, 9.17) is 4.74 Å². The highest BCUT2D eigenvalue weighted by molar-refractivity contribution is 5.78. The fraction of sp³-hybridized carbons (Fsp3) is 0.750. The van der Waals surface area contributed by atoms with Crippen LogP contribution in [0.5, 0.6) is 0 Å². The zero-order valence-electron chi connectivity index (χ0n) is 11.3. The first-order chi connectivity index (χ1) is 8.43. The molecular weight excluding hydrogens is 236 g/mol. The summed E-state index contributed by atoms with van der Waals surface area (Å²) in [4.78, 5) is 32.5. The molecule has 0 unspecified atom stereocenters. The van der Waals surface area contributed by atoms with Gasteiger partial charge in [0.15, 0.2) is 0 Å². The number of hydrogen-bond donors (Lipinski definition) is 2. The molecule has 0 aromatic heterocycles. The summed E-state index contributed by atoms with van der Waals surface area (Å²) < 4.78 is 5.11. The first-order valence-electron chi connectivity index (χ1n) is 6.00. The van der Waals surface area contributed by atoms with Crippen LogP contribution in [-0.4, -0.2) is 37.5 Å². The number of amides is 2. The summed E-state index contributed by atoms with van der Waals surface area (Å²) >= 11 is 0. The highest BCUT2D eigenvalue weighted by atomic mass is 16.5. The van der Waals surface area contributed by atoms with Gasteiger partial charge in [0.2, 0.25) is 12.8 Å². The van der Waals surface area contributed by atoms with E-state index in [9.17, 15) is 14.4 Å². The maximum absolute atomic E-state index is 11.7. The van der Waals surface area contributed by atoms with Crippen molar-refractivity contribution in [3.63, 3.8) is 0 Å². The maximum Gasteiger partial charge on any atom is 0.328 e. The molecule has 0 saturated heterocycles. The molecule has 6 nitrogen and oxygen atoms in total. The van der Waals surface area contributed by atoms with E-state index >= 15 is 0 Å². The van der Waals surface area contributed by atoms with Crippen molar-refractivity contribution in [1.82, 2.24) is 10.6 Å². The quantitative estimate of drug-likeness (QED) is 0.453. The molecule has 0 aromatic carbocycles. The Labute approximate surface area is 107 Å². The third kappa shape index (κ3) is 5.65. The van der Waals surface area contributed by atoms with Crippen LogP contribution in [0.2, 0.25) is 0 Å². The fourth-order valence-electron chi connectivity index (χ4n) is 1.39. The topological polar surface area (TPSA) is 84.5 Å². The van der Waals surface area contributed by atoms with Crippen molar-refractivity contribution in [2.75, 3.05) is 6.61 Å². The van der Waals surface area contributed by atoms with Crippen LogP contribution >= 0.6 is 0 Å². The minimum absolute atomic E-state index is 0.0563. The van der Waals surface area contributed by atoms with Crippen molar-refractivity contribution < 1.29 is 19.1 Å². The number of ether oxygens (including phenoxy) is 1. The second-order valence-corrected chi connectivity index (χ2v) is 4.77. The molecule has 0 fully saturated rings. The minimum Gasteiger partial charge on any atom is -0.462 e. The van der Waals surface area contributed by atoms with Gasteiger partial charge in [-0.3, -0.25) is 9.59 Å². The van der Waals surface area contributed by atoms with Crippen molar-refractivity contribution in [2.24, 2.45) is 11.8 Å². The van der Waals surface area contributed by atoms with Crippen LogP contribution in [0.25, 0.3) is 0 Å². The molecule has 0 heterocycles. The Morgan fingerprint density at radius 2 is 1.61 bits per heavy atom. The summed E-state index contributed by atoms with van der Waals surface area (Å²) in [5.74, 6) is -0.394. The van der Waals surface area contributed by atoms with Gasteiger partial charge < -0.3 is 15.4 Å². The smallest absolute Gasteiger partial charge is 0.328 e. The number of nitrogens with one attached hydrogen (secondary N) is 2. The molecule has 18 heavy (non-hydrogen) atoms. The van der Waals surface area contributed by atoms with E-state index in [1.807, 2.05) is 27.7 Å². The van der Waals surface area contributed by atoms with E-state index in [1.54, 1.807) is 0 Å². The van der Waals surface area contributed by atoms with Crippen molar-refractivity contribution in [1.29, 1.82) is 0 Å². The summed E-state index contributed by atoms with van der Waals surface area (Å²) in [6, 6.07) is -0.887. The van der Waals surface area contributed by atoms with E-state index in [2.05, 4.69) is 10.6 Å². The predicted octanol–water partition coefficient (Wildman–Crippen LogP) is 0.0708. The second-order valence-electron chi connectivity index (χ2n) is 4.77. The van der Waals surface area contributed by atoms with Crippen molar-refractivity contribution in [3.8, 4) is 0 Å². The molecule has 0 spiro atoms. The van der Waals surface area contributed by atoms with Crippen LogP contribution in [0.4, 0.5) is 0 Å². The molecule has 6 heteroatoms. The van der Waals surface area contributed by atoms with Crippen LogP contribution < -0.4 is 10.6 Å². The molecular formula is C12H22N2O4. The first kappa shape index (κ1) is 16.4. The van der Waals surface area contributed by atoms with Gasteiger partial charge in [-0.25, -0.2) is 4.79 Å². The van der Waals surface area contributed by atoms with Gasteiger partial charge in [-0.1, -0.05) is 27.7 Å². The van der Waals surface area contributed by atoms with Crippen LogP contribution in [0.3, 0.4) is 0 Å². The minimum atomic E-state index is -0.661. The average molecular weight is 258 g/mol. The summed E-state index contributed by atoms with van der Waals surface area (Å²) in [6.07, 6.45) is 1.07. The molecule has 2 N–H and O–H groups in total. The lowest BCUT2D eigenvalue weighted by Crippen LogP contribution is -2.44. The molecule has 0 bridgehead atoms. The van der Waals surface area contributed by atoms with Crippen LogP contribution in [0.1, 0.15) is 27.7 Å². The van der Waals surface area contributed by atoms with Crippen LogP contribution in [0.15, 0.2) is 0 Å². The molecule has 2 atom stereocenters. The van der Waals surface area contributed by atoms with Gasteiger partial charge in [-0.2, -0.15) is 0 Å². The summed E-state index contributed by atoms with van der Waals surface area (Å²) in [5.41, 5.74) is 0. The monoisotopic (exact) mass is 258 g/mol. The maximum atomic E-state index is 11.7. The van der Waals surface area contributed by atoms with Gasteiger partial charge in [0.1, 0.15) is 12.6 Å². The number of rotatable bonds is 9. The van der Waals surface area contributed by atoms with Gasteiger partial charge in [0.05, 0.1) is 6.04 Å². The predicted molar refractivity (Wildman–Crippen MR) is 66.6 cm³/mol. The molecule has 0 aliphatic rings. The van der Waals surface area contributed by atoms with Gasteiger partial charge in [-0.15, -0.1) is 0 Å². The third-order valence-electron chi connectivity index (χ3n) is 2.66. The lowest BCUT2D eigenvalue weighted by atomic mass is 10.0. The largest absolute Gasteiger partial charge is 0.462 e. The average Bonchev–Trinajstić information content (AvgIpc) is 2.30. The normalized spacial score (nSPS) is 13.9. The Morgan fingerprint density at radius 1 is 1.06 bits per heavy atom. The van der Waals surface area contributed by atoms with E-state index in [1.165, 1.54) is 0 Å². The van der Waals surface area contributed by atoms with Gasteiger partial charge in [0.25, 0.3) is 0 Å². The zero-order chi connectivity index (χ0) is 14.1. The van der Waals surface area contributed by atoms with E-state index in [0.717, 1.165) is 0 Å². The fourth-order valence-corrected chi connectivity index (χ4v) is 1.39. The number of hydrogen-bond acceptors (Lipinski definition) is 4. The van der Waals surface area contributed by atoms with Gasteiger partial charge in [-0.05, 0) is 11.8 Å². The summed E-state index contributed by atoms with van der Waals surface area (Å²) in [6.45, 7) is 7.55. The Hall–Kier alpha value is -1.59. The number of carbonyl (C=O) groups excluding carboxylic acids is 3. The molecule has 0 rings (SSSR count). The standard InChI is InChI=1S/C12H22N2O4/c1-8(2)10(13-6-15)5-18-12(17)11(9(3)4)14-7-16/h6-11H,5H2,1-4H3,(H,13,15)(H,14,16)/t10-,11+/m1/s1. The van der Waals surface area contributed by atoms with Crippen LogP contribution in [-0.2, 0) is 19.1 Å². The second kappa shape index (κ2) is 8.49. The molecule has 2 amide bonds. The molecule has 0 radical (unpaired) electrons. The van der Waals surface area contributed by atoms with E-state index < -0.39 is 12.0 Å².